The highest BCUT2D eigenvalue weighted by Crippen LogP contribution is 2.05. The van der Waals surface area contributed by atoms with Gasteiger partial charge in [-0.05, 0) is 17.9 Å². The summed E-state index contributed by atoms with van der Waals surface area (Å²) in [7, 11) is 0. The second kappa shape index (κ2) is 4.76. The van der Waals surface area contributed by atoms with E-state index in [1.165, 1.54) is 5.56 Å². The van der Waals surface area contributed by atoms with Crippen LogP contribution in [-0.2, 0) is 0 Å². The Balaban J connectivity index is 2.47. The van der Waals surface area contributed by atoms with Gasteiger partial charge in [0.05, 0.1) is 0 Å². The lowest BCUT2D eigenvalue weighted by Gasteiger charge is -1.96. The van der Waals surface area contributed by atoms with E-state index < -0.39 is 0 Å². The van der Waals surface area contributed by atoms with Gasteiger partial charge in [0.25, 0.3) is 0 Å². The zero-order chi connectivity index (χ0) is 8.81. The maximum absolute atomic E-state index is 2.24. The third-order valence-electron chi connectivity index (χ3n) is 1.72. The van der Waals surface area contributed by atoms with Gasteiger partial charge in [-0.25, -0.2) is 0 Å². The highest BCUT2D eigenvalue weighted by molar-refractivity contribution is 5.48. The van der Waals surface area contributed by atoms with Gasteiger partial charge in [-0.2, -0.15) is 0 Å². The fraction of sp³-hybridized carbons (Fsp3) is 0.333. The van der Waals surface area contributed by atoms with Crippen LogP contribution in [0.5, 0.6) is 0 Å². The molecule has 1 aromatic rings. The predicted molar refractivity (Wildman–Crippen MR) is 54.9 cm³/mol. The Labute approximate surface area is 74.9 Å². The molecule has 0 fully saturated rings. The van der Waals surface area contributed by atoms with Crippen LogP contribution in [0.1, 0.15) is 25.8 Å². The standard InChI is InChI=1S/C12H16/c1-11(2)7-6-10-12-8-4-3-5-9-12/h3-6,8-11H,7H2,1-2H3/b10-6+. The average molecular weight is 160 g/mol. The molecule has 0 aliphatic rings. The largest absolute Gasteiger partial charge is 0.0837 e. The van der Waals surface area contributed by atoms with Gasteiger partial charge in [0.1, 0.15) is 0 Å². The fourth-order valence-electron chi connectivity index (χ4n) is 1.04. The molecule has 0 saturated heterocycles. The van der Waals surface area contributed by atoms with E-state index >= 15 is 0 Å². The molecular formula is C12H16. The first kappa shape index (κ1) is 9.05. The van der Waals surface area contributed by atoms with Crippen LogP contribution in [0, 0.1) is 5.92 Å². The van der Waals surface area contributed by atoms with E-state index in [0.29, 0.717) is 0 Å². The van der Waals surface area contributed by atoms with Crippen LogP contribution in [0.4, 0.5) is 0 Å². The van der Waals surface area contributed by atoms with Crippen molar-refractivity contribution in [1.29, 1.82) is 0 Å². The molecule has 0 atom stereocenters. The Hall–Kier alpha value is -1.04. The third kappa shape index (κ3) is 3.38. The zero-order valence-electron chi connectivity index (χ0n) is 7.83. The molecule has 0 aliphatic carbocycles. The van der Waals surface area contributed by atoms with Crippen molar-refractivity contribution in [2.24, 2.45) is 5.92 Å². The Bertz CT molecular complexity index is 231. The van der Waals surface area contributed by atoms with Crippen molar-refractivity contribution in [3.8, 4) is 0 Å². The summed E-state index contributed by atoms with van der Waals surface area (Å²) < 4.78 is 0. The second-order valence-corrected chi connectivity index (χ2v) is 3.44. The molecule has 64 valence electrons. The molecule has 0 radical (unpaired) electrons. The predicted octanol–water partition coefficient (Wildman–Crippen LogP) is 3.75. The first-order chi connectivity index (χ1) is 5.79. The SMILES string of the molecule is CC(C)C/C=C/c1ccccc1. The lowest BCUT2D eigenvalue weighted by atomic mass is 10.1. The molecule has 1 rings (SSSR count). The molecule has 0 aromatic heterocycles. The maximum Gasteiger partial charge on any atom is -0.0260 e. The lowest BCUT2D eigenvalue weighted by molar-refractivity contribution is 0.665. The molecule has 0 amide bonds. The Morgan fingerprint density at radius 3 is 2.42 bits per heavy atom. The van der Waals surface area contributed by atoms with E-state index in [1.54, 1.807) is 0 Å². The van der Waals surface area contributed by atoms with Crippen LogP contribution in [-0.4, -0.2) is 0 Å². The van der Waals surface area contributed by atoms with Crippen molar-refractivity contribution < 1.29 is 0 Å². The molecule has 0 aliphatic heterocycles. The summed E-state index contributed by atoms with van der Waals surface area (Å²) in [5.41, 5.74) is 1.29. The van der Waals surface area contributed by atoms with Gasteiger partial charge in [-0.1, -0.05) is 56.3 Å². The molecule has 0 unspecified atom stereocenters. The van der Waals surface area contributed by atoms with Crippen molar-refractivity contribution in [3.63, 3.8) is 0 Å². The summed E-state index contributed by atoms with van der Waals surface area (Å²) in [6.45, 7) is 4.46. The van der Waals surface area contributed by atoms with Crippen LogP contribution in [0.15, 0.2) is 36.4 Å². The molecule has 12 heavy (non-hydrogen) atoms. The number of rotatable bonds is 3. The topological polar surface area (TPSA) is 0 Å². The average Bonchev–Trinajstić information content (AvgIpc) is 2.05. The monoisotopic (exact) mass is 160 g/mol. The van der Waals surface area contributed by atoms with E-state index in [1.807, 2.05) is 6.07 Å². The molecule has 1 aromatic carbocycles. The highest BCUT2D eigenvalue weighted by Gasteiger charge is 1.87. The molecule has 0 N–H and O–H groups in total. The van der Waals surface area contributed by atoms with E-state index in [4.69, 9.17) is 0 Å². The van der Waals surface area contributed by atoms with Gasteiger partial charge in [-0.15, -0.1) is 0 Å². The molecule has 0 saturated carbocycles. The smallest absolute Gasteiger partial charge is 0.0260 e. The second-order valence-electron chi connectivity index (χ2n) is 3.44. The van der Waals surface area contributed by atoms with Gasteiger partial charge >= 0.3 is 0 Å². The van der Waals surface area contributed by atoms with E-state index in [2.05, 4.69) is 50.3 Å². The number of hydrogen-bond donors (Lipinski definition) is 0. The summed E-state index contributed by atoms with van der Waals surface area (Å²) in [5, 5.41) is 0. The fourth-order valence-corrected chi connectivity index (χ4v) is 1.04. The van der Waals surface area contributed by atoms with Crippen LogP contribution < -0.4 is 0 Å². The van der Waals surface area contributed by atoms with Gasteiger partial charge in [0, 0.05) is 0 Å². The Morgan fingerprint density at radius 1 is 1.17 bits per heavy atom. The minimum Gasteiger partial charge on any atom is -0.0837 e. The van der Waals surface area contributed by atoms with Crippen molar-refractivity contribution >= 4 is 6.08 Å². The minimum absolute atomic E-state index is 0.755. The van der Waals surface area contributed by atoms with Gasteiger partial charge in [0.2, 0.25) is 0 Å². The maximum atomic E-state index is 2.24. The molecule has 0 bridgehead atoms. The van der Waals surface area contributed by atoms with Crippen LogP contribution in [0.2, 0.25) is 0 Å². The van der Waals surface area contributed by atoms with E-state index in [0.717, 1.165) is 12.3 Å². The van der Waals surface area contributed by atoms with Crippen molar-refractivity contribution in [2.75, 3.05) is 0 Å². The Kier molecular flexibility index (Phi) is 3.59. The quantitative estimate of drug-likeness (QED) is 0.631. The lowest BCUT2D eigenvalue weighted by Crippen LogP contribution is -1.80. The van der Waals surface area contributed by atoms with Gasteiger partial charge in [0.15, 0.2) is 0 Å². The molecule has 0 heterocycles. The molecule has 0 heteroatoms. The first-order valence-corrected chi connectivity index (χ1v) is 4.50. The first-order valence-electron chi connectivity index (χ1n) is 4.50. The third-order valence-corrected chi connectivity index (χ3v) is 1.72. The van der Waals surface area contributed by atoms with E-state index in [-0.39, 0.29) is 0 Å². The summed E-state index contributed by atoms with van der Waals surface area (Å²) in [5.74, 6) is 0.755. The number of hydrogen-bond acceptors (Lipinski definition) is 0. The van der Waals surface area contributed by atoms with Crippen molar-refractivity contribution in [2.45, 2.75) is 20.3 Å². The van der Waals surface area contributed by atoms with Crippen LogP contribution in [0.25, 0.3) is 6.08 Å². The van der Waals surface area contributed by atoms with Crippen molar-refractivity contribution in [1.82, 2.24) is 0 Å². The zero-order valence-corrected chi connectivity index (χ0v) is 7.83. The van der Waals surface area contributed by atoms with Crippen molar-refractivity contribution in [3.05, 3.63) is 42.0 Å². The number of allylic oxidation sites excluding steroid dienone is 1. The minimum atomic E-state index is 0.755. The summed E-state index contributed by atoms with van der Waals surface area (Å²) in [6, 6.07) is 10.4. The number of benzene rings is 1. The van der Waals surface area contributed by atoms with Crippen LogP contribution >= 0.6 is 0 Å². The van der Waals surface area contributed by atoms with Crippen LogP contribution in [0.3, 0.4) is 0 Å². The molecular weight excluding hydrogens is 144 g/mol. The summed E-state index contributed by atoms with van der Waals surface area (Å²) in [6.07, 6.45) is 5.58. The van der Waals surface area contributed by atoms with Gasteiger partial charge < -0.3 is 0 Å². The highest BCUT2D eigenvalue weighted by atomic mass is 13.9. The normalized spacial score (nSPS) is 11.2. The van der Waals surface area contributed by atoms with Gasteiger partial charge in [-0.3, -0.25) is 0 Å². The Morgan fingerprint density at radius 2 is 1.83 bits per heavy atom. The summed E-state index contributed by atoms with van der Waals surface area (Å²) in [4.78, 5) is 0. The van der Waals surface area contributed by atoms with E-state index in [9.17, 15) is 0 Å². The molecule has 0 spiro atoms. The summed E-state index contributed by atoms with van der Waals surface area (Å²) >= 11 is 0. The molecule has 0 nitrogen and oxygen atoms in total.